The molecule has 0 radical (unpaired) electrons. The summed E-state index contributed by atoms with van der Waals surface area (Å²) in [6, 6.07) is 3.04. The van der Waals surface area contributed by atoms with Gasteiger partial charge in [-0.15, -0.1) is 22.7 Å². The number of aromatic carboxylic acids is 1. The lowest BCUT2D eigenvalue weighted by atomic mass is 10.3. The van der Waals surface area contributed by atoms with E-state index in [1.165, 1.54) is 34.1 Å². The van der Waals surface area contributed by atoms with Gasteiger partial charge in [0.15, 0.2) is 0 Å². The van der Waals surface area contributed by atoms with Crippen molar-refractivity contribution in [3.8, 4) is 0 Å². The molecule has 0 amide bonds. The van der Waals surface area contributed by atoms with E-state index in [4.69, 9.17) is 5.11 Å². The first-order valence-electron chi connectivity index (χ1n) is 5.32. The van der Waals surface area contributed by atoms with Crippen LogP contribution in [0.2, 0.25) is 0 Å². The third-order valence-corrected chi connectivity index (χ3v) is 7.29. The molecule has 108 valence electrons. The van der Waals surface area contributed by atoms with Gasteiger partial charge >= 0.3 is 5.97 Å². The molecule has 2 aromatic rings. The Balaban J connectivity index is 2.22. The first-order chi connectivity index (χ1) is 9.30. The smallest absolute Gasteiger partial charge is 0.336 e. The average Bonchev–Trinajstić information content (AvgIpc) is 2.98. The summed E-state index contributed by atoms with van der Waals surface area (Å²) in [6.45, 7) is 0.241. The lowest BCUT2D eigenvalue weighted by molar-refractivity contribution is 0.0697. The van der Waals surface area contributed by atoms with Crippen LogP contribution in [0.25, 0.3) is 0 Å². The van der Waals surface area contributed by atoms with Crippen LogP contribution < -0.4 is 0 Å². The molecule has 5 nitrogen and oxygen atoms in total. The summed E-state index contributed by atoms with van der Waals surface area (Å²) < 4.78 is 26.8. The largest absolute Gasteiger partial charge is 0.478 e. The molecule has 2 rings (SSSR count). The van der Waals surface area contributed by atoms with Crippen molar-refractivity contribution in [3.05, 3.63) is 37.8 Å². The molecular formula is C11H10BrNO4S3. The molecule has 0 unspecified atom stereocenters. The summed E-state index contributed by atoms with van der Waals surface area (Å²) in [7, 11) is -2.19. The number of carboxylic acid groups (broad SMARTS) is 1. The molecule has 9 heteroatoms. The Morgan fingerprint density at radius 2 is 2.05 bits per heavy atom. The predicted octanol–water partition coefficient (Wildman–Crippen LogP) is 3.09. The monoisotopic (exact) mass is 395 g/mol. The molecule has 2 aromatic heterocycles. The number of hydrogen-bond acceptors (Lipinski definition) is 5. The minimum Gasteiger partial charge on any atom is -0.478 e. The van der Waals surface area contributed by atoms with Crippen LogP contribution in [0.3, 0.4) is 0 Å². The van der Waals surface area contributed by atoms with Crippen LogP contribution in [0.1, 0.15) is 15.9 Å². The number of carboxylic acids is 1. The van der Waals surface area contributed by atoms with Gasteiger partial charge in [0.05, 0.1) is 9.35 Å². The van der Waals surface area contributed by atoms with Crippen LogP contribution in [0.15, 0.2) is 30.9 Å². The number of halogens is 1. The van der Waals surface area contributed by atoms with Gasteiger partial charge in [0.1, 0.15) is 4.21 Å². The number of thiophene rings is 2. The van der Waals surface area contributed by atoms with Crippen molar-refractivity contribution in [1.29, 1.82) is 0 Å². The molecule has 0 aliphatic carbocycles. The van der Waals surface area contributed by atoms with E-state index in [9.17, 15) is 13.2 Å². The Kier molecular flexibility index (Phi) is 4.65. The van der Waals surface area contributed by atoms with Crippen molar-refractivity contribution in [2.45, 2.75) is 10.8 Å². The summed E-state index contributed by atoms with van der Waals surface area (Å²) >= 11 is 5.72. The fourth-order valence-corrected chi connectivity index (χ4v) is 5.21. The lowest BCUT2D eigenvalue weighted by Gasteiger charge is -2.14. The lowest BCUT2D eigenvalue weighted by Crippen LogP contribution is -2.25. The third kappa shape index (κ3) is 3.29. The molecule has 0 bridgehead atoms. The number of sulfonamides is 1. The molecule has 0 aliphatic heterocycles. The standard InChI is InChI=1S/C11H10BrNO4S3/c1-13(4-7-2-9(12)18-5-7)20(16,17)10-3-8(6-19-10)11(14)15/h2-3,5-6H,4H2,1H3,(H,14,15). The van der Waals surface area contributed by atoms with Gasteiger partial charge in [-0.2, -0.15) is 4.31 Å². The van der Waals surface area contributed by atoms with Gasteiger partial charge in [0.25, 0.3) is 10.0 Å². The van der Waals surface area contributed by atoms with Gasteiger partial charge in [-0.25, -0.2) is 13.2 Å². The number of nitrogens with zero attached hydrogens (tertiary/aromatic N) is 1. The maximum atomic E-state index is 12.3. The Hall–Kier alpha value is -0.740. The van der Waals surface area contributed by atoms with Crippen LogP contribution >= 0.6 is 38.6 Å². The number of rotatable bonds is 5. The van der Waals surface area contributed by atoms with E-state index < -0.39 is 16.0 Å². The van der Waals surface area contributed by atoms with Crippen molar-refractivity contribution < 1.29 is 18.3 Å². The van der Waals surface area contributed by atoms with Gasteiger partial charge in [-0.3, -0.25) is 0 Å². The molecule has 0 fully saturated rings. The zero-order valence-corrected chi connectivity index (χ0v) is 14.3. The molecule has 0 atom stereocenters. The fraction of sp³-hybridized carbons (Fsp3) is 0.182. The van der Waals surface area contributed by atoms with Crippen molar-refractivity contribution in [3.63, 3.8) is 0 Å². The molecule has 0 aromatic carbocycles. The minimum absolute atomic E-state index is 0.0137. The predicted molar refractivity (Wildman–Crippen MR) is 82.0 cm³/mol. The maximum Gasteiger partial charge on any atom is 0.336 e. The van der Waals surface area contributed by atoms with E-state index in [-0.39, 0.29) is 16.3 Å². The highest BCUT2D eigenvalue weighted by Gasteiger charge is 2.24. The molecule has 20 heavy (non-hydrogen) atoms. The second kappa shape index (κ2) is 5.94. The molecule has 2 heterocycles. The molecule has 0 spiro atoms. The minimum atomic E-state index is -3.66. The third-order valence-electron chi connectivity index (χ3n) is 2.51. The van der Waals surface area contributed by atoms with E-state index in [1.54, 1.807) is 0 Å². The van der Waals surface area contributed by atoms with Crippen molar-refractivity contribution in [1.82, 2.24) is 4.31 Å². The van der Waals surface area contributed by atoms with Crippen LogP contribution in [0.5, 0.6) is 0 Å². The molecule has 0 saturated heterocycles. The second-order valence-electron chi connectivity index (χ2n) is 3.98. The summed E-state index contributed by atoms with van der Waals surface area (Å²) in [5.74, 6) is -1.13. The van der Waals surface area contributed by atoms with E-state index >= 15 is 0 Å². The fourth-order valence-electron chi connectivity index (χ4n) is 1.49. The zero-order chi connectivity index (χ0) is 14.9. The van der Waals surface area contributed by atoms with Crippen molar-refractivity contribution in [2.75, 3.05) is 7.05 Å². The second-order valence-corrected chi connectivity index (χ2v) is 9.45. The van der Waals surface area contributed by atoms with Crippen LogP contribution in [0.4, 0.5) is 0 Å². The van der Waals surface area contributed by atoms with Crippen molar-refractivity contribution >= 4 is 54.6 Å². The molecule has 0 saturated carbocycles. The highest BCUT2D eigenvalue weighted by atomic mass is 79.9. The van der Waals surface area contributed by atoms with E-state index in [0.29, 0.717) is 0 Å². The average molecular weight is 396 g/mol. The van der Waals surface area contributed by atoms with Crippen LogP contribution in [0, 0.1) is 0 Å². The maximum absolute atomic E-state index is 12.3. The topological polar surface area (TPSA) is 74.7 Å². The molecule has 0 aliphatic rings. The Labute approximate surface area is 132 Å². The zero-order valence-electron chi connectivity index (χ0n) is 10.2. The SMILES string of the molecule is CN(Cc1csc(Br)c1)S(=O)(=O)c1cc(C(=O)O)cs1. The van der Waals surface area contributed by atoms with E-state index in [0.717, 1.165) is 20.7 Å². The van der Waals surface area contributed by atoms with Gasteiger partial charge in [0, 0.05) is 19.0 Å². The van der Waals surface area contributed by atoms with E-state index in [2.05, 4.69) is 15.9 Å². The van der Waals surface area contributed by atoms with Gasteiger partial charge < -0.3 is 5.11 Å². The number of hydrogen-bond donors (Lipinski definition) is 1. The first kappa shape index (κ1) is 15.6. The summed E-state index contributed by atoms with van der Waals surface area (Å²) in [6.07, 6.45) is 0. The summed E-state index contributed by atoms with van der Waals surface area (Å²) in [5, 5.41) is 12.0. The Morgan fingerprint density at radius 1 is 1.35 bits per heavy atom. The first-order valence-corrected chi connectivity index (χ1v) is 9.31. The quantitative estimate of drug-likeness (QED) is 0.843. The summed E-state index contributed by atoms with van der Waals surface area (Å²) in [4.78, 5) is 10.8. The van der Waals surface area contributed by atoms with Gasteiger partial charge in [-0.1, -0.05) is 0 Å². The van der Waals surface area contributed by atoms with E-state index in [1.807, 2.05) is 11.4 Å². The number of carbonyl (C=O) groups is 1. The van der Waals surface area contributed by atoms with Gasteiger partial charge in [0.2, 0.25) is 0 Å². The van der Waals surface area contributed by atoms with Crippen LogP contribution in [-0.2, 0) is 16.6 Å². The summed E-state index contributed by atoms with van der Waals surface area (Å²) in [5.41, 5.74) is 0.864. The van der Waals surface area contributed by atoms with Crippen molar-refractivity contribution in [2.24, 2.45) is 0 Å². The Bertz CT molecular complexity index is 734. The Morgan fingerprint density at radius 3 is 2.55 bits per heavy atom. The normalized spacial score (nSPS) is 11.9. The highest BCUT2D eigenvalue weighted by molar-refractivity contribution is 9.11. The van der Waals surface area contributed by atoms with Gasteiger partial charge in [-0.05, 0) is 39.0 Å². The van der Waals surface area contributed by atoms with Crippen LogP contribution in [-0.4, -0.2) is 30.8 Å². The highest BCUT2D eigenvalue weighted by Crippen LogP contribution is 2.26. The molecule has 1 N–H and O–H groups in total. The molecular weight excluding hydrogens is 386 g/mol.